The fourth-order valence-corrected chi connectivity index (χ4v) is 0.869. The lowest BCUT2D eigenvalue weighted by molar-refractivity contribution is -0.143. The topological polar surface area (TPSA) is 74.6 Å². The highest BCUT2D eigenvalue weighted by molar-refractivity contribution is 7.85. The van der Waals surface area contributed by atoms with Gasteiger partial charge in [0, 0.05) is 0 Å². The summed E-state index contributed by atoms with van der Waals surface area (Å²) in [6, 6.07) is 0. The minimum absolute atomic E-state index is 0.715. The Labute approximate surface area is 107 Å². The third-order valence-electron chi connectivity index (χ3n) is 1.52. The Kier molecular flexibility index (Phi) is 5.37. The van der Waals surface area contributed by atoms with E-state index in [4.69, 9.17) is 9.66 Å². The third kappa shape index (κ3) is 4.85. The number of halogens is 7. The minimum atomic E-state index is -5.59. The molecule has 0 aromatic heterocycles. The molecule has 1 aromatic carbocycles. The summed E-state index contributed by atoms with van der Waals surface area (Å²) in [6.45, 7) is 0. The fourth-order valence-electron chi connectivity index (χ4n) is 0.869. The normalized spacial score (nSPS) is 11.8. The molecule has 20 heavy (non-hydrogen) atoms. The minimum Gasteiger partial charge on any atom is -0.503 e. The van der Waals surface area contributed by atoms with Crippen molar-refractivity contribution < 1.29 is 48.8 Å². The molecule has 0 bridgehead atoms. The summed E-state index contributed by atoms with van der Waals surface area (Å²) in [5, 5.41) is 8.36. The molecule has 116 valence electrons. The fraction of sp³-hybridized carbons (Fsp3) is 0.250. The number of aromatic hydroxyl groups is 1. The molecule has 0 spiro atoms. The molecule has 1 aromatic rings. The smallest absolute Gasteiger partial charge is 0.422 e. The summed E-state index contributed by atoms with van der Waals surface area (Å²) in [7, 11) is -3.67. The number of phenols is 1. The Morgan fingerprint density at radius 2 is 1.15 bits per heavy atom. The molecule has 0 radical (unpaired) electrons. The van der Waals surface area contributed by atoms with Gasteiger partial charge in [-0.05, 0) is 0 Å². The number of benzene rings is 1. The Bertz CT molecular complexity index is 571. The van der Waals surface area contributed by atoms with E-state index in [1.54, 1.807) is 0 Å². The van der Waals surface area contributed by atoms with E-state index in [9.17, 15) is 39.2 Å². The molecular weight excluding hydrogens is 325 g/mol. The first-order valence-corrected chi connectivity index (χ1v) is 6.07. The number of alkyl halides is 3. The standard InChI is InChI=1S/C7HF7O.CH4O3S/c8-2-1(7(12,13)14)3(9)5(11)6(15)4(2)10;1-5(2,3)4/h15H;1H3,(H,2,3,4). The van der Waals surface area contributed by atoms with Crippen LogP contribution >= 0.6 is 0 Å². The molecule has 1 rings (SSSR count). The lowest BCUT2D eigenvalue weighted by atomic mass is 10.1. The molecule has 0 amide bonds. The predicted molar refractivity (Wildman–Crippen MR) is 50.4 cm³/mol. The summed E-state index contributed by atoms with van der Waals surface area (Å²) in [5.41, 5.74) is -2.71. The molecule has 12 heteroatoms. The van der Waals surface area contributed by atoms with Gasteiger partial charge in [-0.1, -0.05) is 0 Å². The maximum atomic E-state index is 12.5. The average molecular weight is 330 g/mol. The zero-order valence-electron chi connectivity index (χ0n) is 9.26. The van der Waals surface area contributed by atoms with E-state index < -0.39 is 50.9 Å². The van der Waals surface area contributed by atoms with Gasteiger partial charge in [0.05, 0.1) is 6.26 Å². The molecule has 0 saturated heterocycles. The zero-order chi connectivity index (χ0) is 16.5. The lowest BCUT2D eigenvalue weighted by Crippen LogP contribution is -2.14. The maximum absolute atomic E-state index is 12.5. The zero-order valence-corrected chi connectivity index (χ0v) is 10.1. The summed E-state index contributed by atoms with van der Waals surface area (Å²) in [5.74, 6) is -12.5. The van der Waals surface area contributed by atoms with Gasteiger partial charge < -0.3 is 5.11 Å². The van der Waals surface area contributed by atoms with Crippen LogP contribution in [0.1, 0.15) is 5.56 Å². The number of rotatable bonds is 0. The van der Waals surface area contributed by atoms with Gasteiger partial charge >= 0.3 is 6.18 Å². The van der Waals surface area contributed by atoms with Crippen LogP contribution in [0.4, 0.5) is 30.7 Å². The van der Waals surface area contributed by atoms with E-state index in [1.165, 1.54) is 0 Å². The van der Waals surface area contributed by atoms with Crippen LogP contribution in [0.5, 0.6) is 5.75 Å². The highest BCUT2D eigenvalue weighted by Gasteiger charge is 2.42. The Morgan fingerprint density at radius 1 is 0.900 bits per heavy atom. The third-order valence-corrected chi connectivity index (χ3v) is 1.52. The summed E-state index contributed by atoms with van der Waals surface area (Å²) in [4.78, 5) is 0. The molecule has 0 aliphatic rings. The van der Waals surface area contributed by atoms with Crippen LogP contribution in [0.3, 0.4) is 0 Å². The van der Waals surface area contributed by atoms with Crippen molar-refractivity contribution in [3.63, 3.8) is 0 Å². The van der Waals surface area contributed by atoms with E-state index in [2.05, 4.69) is 0 Å². The molecule has 0 saturated carbocycles. The molecule has 0 aliphatic heterocycles. The van der Waals surface area contributed by atoms with Crippen LogP contribution in [-0.4, -0.2) is 24.3 Å². The van der Waals surface area contributed by atoms with E-state index >= 15 is 0 Å². The van der Waals surface area contributed by atoms with Crippen molar-refractivity contribution in [2.75, 3.05) is 6.26 Å². The van der Waals surface area contributed by atoms with Crippen LogP contribution in [0.25, 0.3) is 0 Å². The van der Waals surface area contributed by atoms with Gasteiger partial charge in [0.15, 0.2) is 17.4 Å². The number of phenolic OH excluding ortho intramolecular Hbond substituents is 1. The van der Waals surface area contributed by atoms with Crippen molar-refractivity contribution in [2.45, 2.75) is 6.18 Å². The molecular formula is C8H5F7O4S. The Morgan fingerprint density at radius 3 is 1.35 bits per heavy atom. The maximum Gasteiger partial charge on any atom is 0.422 e. The van der Waals surface area contributed by atoms with Gasteiger partial charge in [-0.3, -0.25) is 4.55 Å². The van der Waals surface area contributed by atoms with Gasteiger partial charge in [0.2, 0.25) is 11.6 Å². The summed E-state index contributed by atoms with van der Waals surface area (Å²) < 4.78 is 112. The highest BCUT2D eigenvalue weighted by atomic mass is 32.2. The van der Waals surface area contributed by atoms with Crippen LogP contribution < -0.4 is 0 Å². The van der Waals surface area contributed by atoms with Crippen molar-refractivity contribution in [2.24, 2.45) is 0 Å². The van der Waals surface area contributed by atoms with Crippen LogP contribution in [-0.2, 0) is 16.3 Å². The molecule has 0 aliphatic carbocycles. The van der Waals surface area contributed by atoms with Crippen molar-refractivity contribution >= 4 is 10.1 Å². The highest BCUT2D eigenvalue weighted by Crippen LogP contribution is 2.38. The van der Waals surface area contributed by atoms with Crippen LogP contribution in [0.2, 0.25) is 0 Å². The second-order valence-electron chi connectivity index (χ2n) is 3.21. The summed E-state index contributed by atoms with van der Waals surface area (Å²) >= 11 is 0. The van der Waals surface area contributed by atoms with Gasteiger partial charge in [-0.2, -0.15) is 30.4 Å². The molecule has 0 unspecified atom stereocenters. The summed E-state index contributed by atoms with van der Waals surface area (Å²) in [6.07, 6.45) is -4.88. The van der Waals surface area contributed by atoms with Crippen molar-refractivity contribution in [1.29, 1.82) is 0 Å². The Hall–Kier alpha value is -1.56. The SMILES string of the molecule is CS(=O)(=O)O.Oc1c(F)c(F)c(C(F)(F)F)c(F)c1F. The van der Waals surface area contributed by atoms with Gasteiger partial charge in [0.25, 0.3) is 10.1 Å². The first-order valence-electron chi connectivity index (χ1n) is 4.22. The average Bonchev–Trinajstić information content (AvgIpc) is 2.19. The predicted octanol–water partition coefficient (Wildman–Crippen LogP) is 2.47. The van der Waals surface area contributed by atoms with E-state index in [0.717, 1.165) is 0 Å². The van der Waals surface area contributed by atoms with Crippen LogP contribution in [0, 0.1) is 23.3 Å². The first-order chi connectivity index (χ1) is 8.68. The molecule has 0 heterocycles. The molecule has 0 atom stereocenters. The Balaban J connectivity index is 0.000000621. The second-order valence-corrected chi connectivity index (χ2v) is 4.68. The van der Waals surface area contributed by atoms with Crippen molar-refractivity contribution in [3.8, 4) is 5.75 Å². The van der Waals surface area contributed by atoms with E-state index in [1.807, 2.05) is 0 Å². The molecule has 0 fully saturated rings. The number of hydrogen-bond donors (Lipinski definition) is 2. The lowest BCUT2D eigenvalue weighted by Gasteiger charge is -2.11. The van der Waals surface area contributed by atoms with Crippen LogP contribution in [0.15, 0.2) is 0 Å². The number of hydrogen-bond acceptors (Lipinski definition) is 3. The van der Waals surface area contributed by atoms with Crippen molar-refractivity contribution in [3.05, 3.63) is 28.8 Å². The van der Waals surface area contributed by atoms with E-state index in [-0.39, 0.29) is 0 Å². The quantitative estimate of drug-likeness (QED) is 0.435. The van der Waals surface area contributed by atoms with E-state index in [0.29, 0.717) is 6.26 Å². The molecule has 2 N–H and O–H groups in total. The second kappa shape index (κ2) is 5.83. The molecule has 4 nitrogen and oxygen atoms in total. The van der Waals surface area contributed by atoms with Gasteiger partial charge in [-0.15, -0.1) is 0 Å². The largest absolute Gasteiger partial charge is 0.503 e. The monoisotopic (exact) mass is 330 g/mol. The van der Waals surface area contributed by atoms with Gasteiger partial charge in [-0.25, -0.2) is 8.78 Å². The van der Waals surface area contributed by atoms with Crippen molar-refractivity contribution in [1.82, 2.24) is 0 Å². The van der Waals surface area contributed by atoms with Gasteiger partial charge in [0.1, 0.15) is 5.56 Å². The first kappa shape index (κ1) is 18.4.